The van der Waals surface area contributed by atoms with Crippen LogP contribution in [0.5, 0.6) is 0 Å². The molecule has 0 heterocycles. The van der Waals surface area contributed by atoms with Gasteiger partial charge in [0.1, 0.15) is 0 Å². The van der Waals surface area contributed by atoms with Gasteiger partial charge in [-0.3, -0.25) is 0 Å². The Kier molecular flexibility index (Phi) is 8.88. The smallest absolute Gasteiger partial charge is 0.0770 e. The number of rotatable bonds is 8. The van der Waals surface area contributed by atoms with Crippen molar-refractivity contribution in [1.29, 1.82) is 0 Å². The third-order valence-electron chi connectivity index (χ3n) is 1.91. The van der Waals surface area contributed by atoms with Gasteiger partial charge >= 0.3 is 0 Å². The molecule has 0 amide bonds. The Morgan fingerprint density at radius 2 is 1.42 bits per heavy atom. The standard InChI is InChI=1S/C9H20O3/c10-7-5-3-1-2-4-6-9(12)8-11/h9-12H,1-8H2. The lowest BCUT2D eigenvalue weighted by Gasteiger charge is -2.05. The highest BCUT2D eigenvalue weighted by molar-refractivity contribution is 4.53. The van der Waals surface area contributed by atoms with Crippen molar-refractivity contribution in [1.82, 2.24) is 0 Å². The monoisotopic (exact) mass is 176 g/mol. The minimum absolute atomic E-state index is 0.128. The van der Waals surface area contributed by atoms with Crippen LogP contribution >= 0.6 is 0 Å². The lowest BCUT2D eigenvalue weighted by Crippen LogP contribution is -2.10. The molecule has 1 atom stereocenters. The van der Waals surface area contributed by atoms with Crippen molar-refractivity contribution >= 4 is 0 Å². The molecule has 74 valence electrons. The second-order valence-corrected chi connectivity index (χ2v) is 3.12. The van der Waals surface area contributed by atoms with Gasteiger partial charge in [0.25, 0.3) is 0 Å². The molecule has 12 heavy (non-hydrogen) atoms. The molecule has 0 aromatic heterocycles. The van der Waals surface area contributed by atoms with E-state index in [1.165, 1.54) is 0 Å². The van der Waals surface area contributed by atoms with Crippen LogP contribution in [0, 0.1) is 0 Å². The Labute approximate surface area is 74.0 Å². The average Bonchev–Trinajstić information content (AvgIpc) is 2.10. The molecule has 0 saturated carbocycles. The maximum absolute atomic E-state index is 8.97. The molecule has 3 N–H and O–H groups in total. The van der Waals surface area contributed by atoms with E-state index in [9.17, 15) is 0 Å². The summed E-state index contributed by atoms with van der Waals surface area (Å²) in [6, 6.07) is 0. The van der Waals surface area contributed by atoms with Gasteiger partial charge in [0.05, 0.1) is 12.7 Å². The molecule has 0 fully saturated rings. The van der Waals surface area contributed by atoms with E-state index in [4.69, 9.17) is 15.3 Å². The molecule has 0 aliphatic rings. The molecular formula is C9H20O3. The van der Waals surface area contributed by atoms with Gasteiger partial charge in [0.2, 0.25) is 0 Å². The normalized spacial score (nSPS) is 13.2. The van der Waals surface area contributed by atoms with Crippen LogP contribution in [0.2, 0.25) is 0 Å². The Bertz CT molecular complexity index is 85.8. The molecule has 0 aromatic rings. The summed E-state index contributed by atoms with van der Waals surface area (Å²) >= 11 is 0. The molecule has 0 spiro atoms. The molecule has 0 aromatic carbocycles. The van der Waals surface area contributed by atoms with E-state index in [2.05, 4.69) is 0 Å². The topological polar surface area (TPSA) is 60.7 Å². The molecule has 0 aliphatic heterocycles. The SMILES string of the molecule is OCCCCCCCC(O)CO. The zero-order chi connectivity index (χ0) is 9.23. The van der Waals surface area contributed by atoms with Crippen molar-refractivity contribution in [3.05, 3.63) is 0 Å². The third-order valence-corrected chi connectivity index (χ3v) is 1.91. The molecule has 0 saturated heterocycles. The maximum Gasteiger partial charge on any atom is 0.0770 e. The Morgan fingerprint density at radius 1 is 0.833 bits per heavy atom. The first kappa shape index (κ1) is 11.9. The number of hydrogen-bond donors (Lipinski definition) is 3. The fourth-order valence-corrected chi connectivity index (χ4v) is 1.11. The van der Waals surface area contributed by atoms with Gasteiger partial charge in [0.15, 0.2) is 0 Å². The van der Waals surface area contributed by atoms with E-state index in [1.54, 1.807) is 0 Å². The summed E-state index contributed by atoms with van der Waals surface area (Å²) in [7, 11) is 0. The van der Waals surface area contributed by atoms with Gasteiger partial charge in [-0.15, -0.1) is 0 Å². The van der Waals surface area contributed by atoms with Crippen LogP contribution in [0.15, 0.2) is 0 Å². The zero-order valence-electron chi connectivity index (χ0n) is 7.58. The summed E-state index contributed by atoms with van der Waals surface area (Å²) in [4.78, 5) is 0. The predicted molar refractivity (Wildman–Crippen MR) is 47.9 cm³/mol. The van der Waals surface area contributed by atoms with Gasteiger partial charge in [-0.25, -0.2) is 0 Å². The summed E-state index contributed by atoms with van der Waals surface area (Å²) < 4.78 is 0. The van der Waals surface area contributed by atoms with Crippen molar-refractivity contribution < 1.29 is 15.3 Å². The minimum atomic E-state index is -0.539. The first-order valence-electron chi connectivity index (χ1n) is 4.71. The highest BCUT2D eigenvalue weighted by atomic mass is 16.3. The van der Waals surface area contributed by atoms with E-state index in [1.807, 2.05) is 0 Å². The lowest BCUT2D eigenvalue weighted by molar-refractivity contribution is 0.0859. The van der Waals surface area contributed by atoms with E-state index in [0.717, 1.165) is 32.1 Å². The molecule has 0 bridgehead atoms. The summed E-state index contributed by atoms with van der Waals surface area (Å²) in [6.45, 7) is 0.149. The van der Waals surface area contributed by atoms with Crippen molar-refractivity contribution in [2.24, 2.45) is 0 Å². The number of aliphatic hydroxyl groups is 3. The van der Waals surface area contributed by atoms with Crippen molar-refractivity contribution in [2.45, 2.75) is 44.6 Å². The molecule has 0 aliphatic carbocycles. The van der Waals surface area contributed by atoms with Crippen LogP contribution in [-0.2, 0) is 0 Å². The molecule has 3 heteroatoms. The van der Waals surface area contributed by atoms with Crippen LogP contribution in [-0.4, -0.2) is 34.6 Å². The minimum Gasteiger partial charge on any atom is -0.396 e. The average molecular weight is 176 g/mol. The van der Waals surface area contributed by atoms with Crippen LogP contribution < -0.4 is 0 Å². The molecule has 0 rings (SSSR count). The van der Waals surface area contributed by atoms with Gasteiger partial charge < -0.3 is 15.3 Å². The second kappa shape index (κ2) is 8.97. The molecule has 1 unspecified atom stereocenters. The quantitative estimate of drug-likeness (QED) is 0.476. The maximum atomic E-state index is 8.97. The van der Waals surface area contributed by atoms with Crippen LogP contribution in [0.1, 0.15) is 38.5 Å². The van der Waals surface area contributed by atoms with Gasteiger partial charge in [-0.1, -0.05) is 25.7 Å². The van der Waals surface area contributed by atoms with Gasteiger partial charge in [-0.05, 0) is 12.8 Å². The van der Waals surface area contributed by atoms with E-state index >= 15 is 0 Å². The third kappa shape index (κ3) is 7.98. The number of unbranched alkanes of at least 4 members (excludes halogenated alkanes) is 4. The Morgan fingerprint density at radius 3 is 2.00 bits per heavy atom. The zero-order valence-corrected chi connectivity index (χ0v) is 7.58. The van der Waals surface area contributed by atoms with Crippen LogP contribution in [0.3, 0.4) is 0 Å². The van der Waals surface area contributed by atoms with Gasteiger partial charge in [0, 0.05) is 6.61 Å². The number of hydrogen-bond acceptors (Lipinski definition) is 3. The van der Waals surface area contributed by atoms with E-state index < -0.39 is 6.10 Å². The largest absolute Gasteiger partial charge is 0.396 e. The van der Waals surface area contributed by atoms with Crippen LogP contribution in [0.4, 0.5) is 0 Å². The number of aliphatic hydroxyl groups excluding tert-OH is 3. The van der Waals surface area contributed by atoms with E-state index in [0.29, 0.717) is 6.42 Å². The highest BCUT2D eigenvalue weighted by Crippen LogP contribution is 2.06. The first-order chi connectivity index (χ1) is 5.81. The molecule has 0 radical (unpaired) electrons. The summed E-state index contributed by atoms with van der Waals surface area (Å²) in [5.41, 5.74) is 0. The fraction of sp³-hybridized carbons (Fsp3) is 1.00. The summed E-state index contributed by atoms with van der Waals surface area (Å²) in [5.74, 6) is 0. The predicted octanol–water partition coefficient (Wildman–Crippen LogP) is 0.672. The van der Waals surface area contributed by atoms with E-state index in [-0.39, 0.29) is 13.2 Å². The van der Waals surface area contributed by atoms with Crippen molar-refractivity contribution in [3.8, 4) is 0 Å². The first-order valence-corrected chi connectivity index (χ1v) is 4.71. The Balaban J connectivity index is 2.90. The lowest BCUT2D eigenvalue weighted by atomic mass is 10.1. The Hall–Kier alpha value is -0.120. The van der Waals surface area contributed by atoms with Crippen LogP contribution in [0.25, 0.3) is 0 Å². The molecule has 3 nitrogen and oxygen atoms in total. The second-order valence-electron chi connectivity index (χ2n) is 3.12. The highest BCUT2D eigenvalue weighted by Gasteiger charge is 2.00. The fourth-order valence-electron chi connectivity index (χ4n) is 1.11. The van der Waals surface area contributed by atoms with Crippen molar-refractivity contribution in [3.63, 3.8) is 0 Å². The summed E-state index contributed by atoms with van der Waals surface area (Å²) in [6.07, 6.45) is 5.25. The summed E-state index contributed by atoms with van der Waals surface area (Å²) in [5, 5.41) is 25.9. The van der Waals surface area contributed by atoms with Crippen molar-refractivity contribution in [2.75, 3.05) is 13.2 Å². The molecular weight excluding hydrogens is 156 g/mol. The van der Waals surface area contributed by atoms with Gasteiger partial charge in [-0.2, -0.15) is 0 Å².